The van der Waals surface area contributed by atoms with Crippen LogP contribution in [0.1, 0.15) is 25.5 Å². The number of allylic oxidation sites excluding steroid dienone is 1. The maximum absolute atomic E-state index is 13.6. The van der Waals surface area contributed by atoms with Gasteiger partial charge in [0.05, 0.1) is 19.3 Å². The van der Waals surface area contributed by atoms with Crippen LogP contribution in [0.5, 0.6) is 11.5 Å². The largest absolute Gasteiger partial charge is 0.497 e. The van der Waals surface area contributed by atoms with E-state index in [0.717, 1.165) is 28.3 Å². The minimum Gasteiger partial charge on any atom is -0.497 e. The van der Waals surface area contributed by atoms with E-state index in [1.165, 1.54) is 0 Å². The van der Waals surface area contributed by atoms with Gasteiger partial charge in [0.15, 0.2) is 5.82 Å². The summed E-state index contributed by atoms with van der Waals surface area (Å²) in [6.07, 6.45) is 0. The first-order valence-corrected chi connectivity index (χ1v) is 11.7. The van der Waals surface area contributed by atoms with Crippen LogP contribution in [-0.4, -0.2) is 34.4 Å². The lowest BCUT2D eigenvalue weighted by atomic mass is 9.95. The number of nitrogens with one attached hydrogen (secondary N) is 2. The molecule has 8 heteroatoms. The second kappa shape index (κ2) is 9.95. The number of amides is 1. The van der Waals surface area contributed by atoms with Crippen molar-refractivity contribution in [2.45, 2.75) is 19.9 Å². The normalized spacial score (nSPS) is 14.6. The second-order valence-corrected chi connectivity index (χ2v) is 8.32. The minimum atomic E-state index is -0.486. The van der Waals surface area contributed by atoms with Gasteiger partial charge in [-0.3, -0.25) is 4.79 Å². The summed E-state index contributed by atoms with van der Waals surface area (Å²) in [6, 6.07) is 24.2. The van der Waals surface area contributed by atoms with Gasteiger partial charge >= 0.3 is 0 Å². The number of hydrogen-bond acceptors (Lipinski definition) is 6. The lowest BCUT2D eigenvalue weighted by molar-refractivity contribution is -0.113. The van der Waals surface area contributed by atoms with E-state index >= 15 is 0 Å². The van der Waals surface area contributed by atoms with E-state index in [9.17, 15) is 4.79 Å². The molecule has 0 spiro atoms. The van der Waals surface area contributed by atoms with Crippen LogP contribution in [0.2, 0.25) is 0 Å². The molecule has 8 nitrogen and oxygen atoms in total. The van der Waals surface area contributed by atoms with Crippen LogP contribution >= 0.6 is 0 Å². The van der Waals surface area contributed by atoms with Gasteiger partial charge in [0.1, 0.15) is 17.5 Å². The number of methoxy groups -OCH3 is 1. The zero-order chi connectivity index (χ0) is 25.1. The van der Waals surface area contributed by atoms with Gasteiger partial charge in [-0.1, -0.05) is 30.3 Å². The van der Waals surface area contributed by atoms with Gasteiger partial charge in [-0.05, 0) is 67.9 Å². The molecule has 2 N–H and O–H groups in total. The molecule has 0 bridgehead atoms. The Morgan fingerprint density at radius 2 is 1.69 bits per heavy atom. The van der Waals surface area contributed by atoms with Gasteiger partial charge in [-0.15, -0.1) is 5.10 Å². The summed E-state index contributed by atoms with van der Waals surface area (Å²) in [5, 5.41) is 11.1. The van der Waals surface area contributed by atoms with Crippen LogP contribution in [0.3, 0.4) is 0 Å². The van der Waals surface area contributed by atoms with E-state index < -0.39 is 6.04 Å². The van der Waals surface area contributed by atoms with E-state index in [2.05, 4.69) is 10.6 Å². The Labute approximate surface area is 209 Å². The van der Waals surface area contributed by atoms with Gasteiger partial charge in [-0.25, -0.2) is 4.68 Å². The predicted octanol–water partition coefficient (Wildman–Crippen LogP) is 5.28. The van der Waals surface area contributed by atoms with E-state index in [1.807, 2.05) is 92.7 Å². The highest BCUT2D eigenvalue weighted by atomic mass is 16.5. The number of nitrogens with zero attached hydrogens (tertiary/aromatic N) is 3. The molecule has 4 aromatic rings. The number of aromatic nitrogens is 3. The first-order valence-electron chi connectivity index (χ1n) is 11.7. The Bertz CT molecular complexity index is 1390. The van der Waals surface area contributed by atoms with Crippen molar-refractivity contribution in [3.05, 3.63) is 95.7 Å². The molecule has 1 unspecified atom stereocenters. The number of anilines is 2. The van der Waals surface area contributed by atoms with Gasteiger partial charge < -0.3 is 20.1 Å². The standard InChI is InChI=1S/C28H27N5O3/c1-4-36-23-16-12-20(13-17-23)26-31-28-29-18(2)24(27(34)30-21-8-6-5-7-9-21)25(33(28)32-26)19-10-14-22(35-3)15-11-19/h5-17,25H,4H2,1-3H3,(H,30,34)(H,29,31,32). The van der Waals surface area contributed by atoms with Gasteiger partial charge in [-0.2, -0.15) is 4.98 Å². The Hall–Kier alpha value is -4.59. The fourth-order valence-corrected chi connectivity index (χ4v) is 4.25. The average molecular weight is 482 g/mol. The zero-order valence-electron chi connectivity index (χ0n) is 20.4. The molecule has 1 aromatic heterocycles. The van der Waals surface area contributed by atoms with E-state index in [0.29, 0.717) is 29.6 Å². The number of rotatable bonds is 7. The van der Waals surface area contributed by atoms with Crippen molar-refractivity contribution in [2.24, 2.45) is 0 Å². The molecule has 5 rings (SSSR count). The van der Waals surface area contributed by atoms with Crippen molar-refractivity contribution in [2.75, 3.05) is 24.4 Å². The average Bonchev–Trinajstić information content (AvgIpc) is 3.32. The smallest absolute Gasteiger partial charge is 0.255 e. The van der Waals surface area contributed by atoms with Crippen LogP contribution in [0, 0.1) is 0 Å². The van der Waals surface area contributed by atoms with Crippen molar-refractivity contribution in [3.8, 4) is 22.9 Å². The van der Waals surface area contributed by atoms with Crippen LogP contribution in [0.25, 0.3) is 11.4 Å². The summed E-state index contributed by atoms with van der Waals surface area (Å²) in [5.41, 5.74) is 3.72. The van der Waals surface area contributed by atoms with Crippen LogP contribution < -0.4 is 20.1 Å². The predicted molar refractivity (Wildman–Crippen MR) is 139 cm³/mol. The summed E-state index contributed by atoms with van der Waals surface area (Å²) in [7, 11) is 1.63. The minimum absolute atomic E-state index is 0.212. The maximum Gasteiger partial charge on any atom is 0.255 e. The Morgan fingerprint density at radius 1 is 1.00 bits per heavy atom. The Morgan fingerprint density at radius 3 is 2.36 bits per heavy atom. The lowest BCUT2D eigenvalue weighted by Crippen LogP contribution is -2.31. The van der Waals surface area contributed by atoms with E-state index in [4.69, 9.17) is 19.6 Å². The SMILES string of the molecule is CCOc1ccc(-c2nc3n(n2)C(c2ccc(OC)cc2)C(C(=O)Nc2ccccc2)=C(C)N3)cc1. The number of ether oxygens (including phenoxy) is 2. The summed E-state index contributed by atoms with van der Waals surface area (Å²) < 4.78 is 12.7. The number of para-hydroxylation sites is 1. The zero-order valence-corrected chi connectivity index (χ0v) is 20.4. The summed E-state index contributed by atoms with van der Waals surface area (Å²) >= 11 is 0. The van der Waals surface area contributed by atoms with Crippen molar-refractivity contribution in [1.29, 1.82) is 0 Å². The highest BCUT2D eigenvalue weighted by molar-refractivity contribution is 6.06. The molecule has 0 aliphatic carbocycles. The third-order valence-corrected chi connectivity index (χ3v) is 5.98. The number of benzene rings is 3. The molecule has 36 heavy (non-hydrogen) atoms. The maximum atomic E-state index is 13.6. The third-order valence-electron chi connectivity index (χ3n) is 5.98. The number of carbonyl (C=O) groups is 1. The van der Waals surface area contributed by atoms with Crippen LogP contribution in [0.4, 0.5) is 11.6 Å². The second-order valence-electron chi connectivity index (χ2n) is 8.32. The van der Waals surface area contributed by atoms with Crippen LogP contribution in [-0.2, 0) is 4.79 Å². The summed E-state index contributed by atoms with van der Waals surface area (Å²) in [5.74, 6) is 2.43. The molecule has 0 saturated heterocycles. The van der Waals surface area contributed by atoms with E-state index in [-0.39, 0.29) is 5.91 Å². The molecule has 1 aliphatic rings. The molecule has 2 heterocycles. The topological polar surface area (TPSA) is 90.3 Å². The lowest BCUT2D eigenvalue weighted by Gasteiger charge is -2.28. The molecule has 1 amide bonds. The van der Waals surface area contributed by atoms with Crippen LogP contribution in [0.15, 0.2) is 90.1 Å². The molecule has 3 aromatic carbocycles. The van der Waals surface area contributed by atoms with Gasteiger partial charge in [0, 0.05) is 16.9 Å². The quantitative estimate of drug-likeness (QED) is 0.373. The van der Waals surface area contributed by atoms with Crippen molar-refractivity contribution in [3.63, 3.8) is 0 Å². The molecule has 182 valence electrons. The highest BCUT2D eigenvalue weighted by Crippen LogP contribution is 2.37. The molecule has 1 atom stereocenters. The molecular formula is C28H27N5O3. The van der Waals surface area contributed by atoms with Crippen molar-refractivity contribution in [1.82, 2.24) is 14.8 Å². The Balaban J connectivity index is 1.56. The number of hydrogen-bond donors (Lipinski definition) is 2. The third kappa shape index (κ3) is 4.53. The molecular weight excluding hydrogens is 454 g/mol. The van der Waals surface area contributed by atoms with Crippen molar-refractivity contribution < 1.29 is 14.3 Å². The molecule has 0 radical (unpaired) electrons. The van der Waals surface area contributed by atoms with E-state index in [1.54, 1.807) is 11.8 Å². The summed E-state index contributed by atoms with van der Waals surface area (Å²) in [4.78, 5) is 18.3. The fraction of sp³-hybridized carbons (Fsp3) is 0.179. The molecule has 1 aliphatic heterocycles. The monoisotopic (exact) mass is 481 g/mol. The van der Waals surface area contributed by atoms with Crippen molar-refractivity contribution >= 4 is 17.5 Å². The van der Waals surface area contributed by atoms with Gasteiger partial charge in [0.2, 0.25) is 5.95 Å². The summed E-state index contributed by atoms with van der Waals surface area (Å²) in [6.45, 7) is 4.43. The first kappa shape index (κ1) is 23.2. The number of carbonyl (C=O) groups excluding carboxylic acids is 1. The fourth-order valence-electron chi connectivity index (χ4n) is 4.25. The molecule has 0 fully saturated rings. The number of fused-ring (bicyclic) bond motifs is 1. The first-order chi connectivity index (χ1) is 17.6. The van der Waals surface area contributed by atoms with Gasteiger partial charge in [0.25, 0.3) is 5.91 Å². The molecule has 0 saturated carbocycles. The highest BCUT2D eigenvalue weighted by Gasteiger charge is 2.34. The Kier molecular flexibility index (Phi) is 6.40.